The van der Waals surface area contributed by atoms with Crippen molar-refractivity contribution in [2.45, 2.75) is 19.4 Å². The molecule has 1 heterocycles. The Balaban J connectivity index is 1.90. The van der Waals surface area contributed by atoms with E-state index in [1.54, 1.807) is 0 Å². The second-order valence-electron chi connectivity index (χ2n) is 5.35. The Morgan fingerprint density at radius 1 is 1.29 bits per heavy atom. The van der Waals surface area contributed by atoms with Crippen LogP contribution in [0.15, 0.2) is 24.3 Å². The molecule has 1 unspecified atom stereocenters. The van der Waals surface area contributed by atoms with E-state index in [0.717, 1.165) is 32.0 Å². The third-order valence-electron chi connectivity index (χ3n) is 3.87. The average molecular weight is 291 g/mol. The number of hydrogen-bond donors (Lipinski definition) is 2. The third-order valence-corrected chi connectivity index (χ3v) is 3.87. The Hall–Kier alpha value is -1.43. The lowest BCUT2D eigenvalue weighted by Crippen LogP contribution is -2.38. The van der Waals surface area contributed by atoms with Crippen molar-refractivity contribution >= 4 is 11.6 Å². The van der Waals surface area contributed by atoms with Gasteiger partial charge in [-0.3, -0.25) is 9.69 Å². The van der Waals surface area contributed by atoms with Gasteiger partial charge in [0.05, 0.1) is 13.2 Å². The average Bonchev–Trinajstić information content (AvgIpc) is 2.54. The molecule has 0 aliphatic carbocycles. The Morgan fingerprint density at radius 2 is 1.95 bits per heavy atom. The van der Waals surface area contributed by atoms with Gasteiger partial charge in [0, 0.05) is 37.8 Å². The molecule has 21 heavy (non-hydrogen) atoms. The number of amides is 1. The number of carbonyl (C=O) groups is 1. The van der Waals surface area contributed by atoms with Gasteiger partial charge < -0.3 is 15.4 Å². The van der Waals surface area contributed by atoms with Crippen LogP contribution in [0.4, 0.5) is 5.69 Å². The van der Waals surface area contributed by atoms with Gasteiger partial charge in [-0.15, -0.1) is 0 Å². The van der Waals surface area contributed by atoms with E-state index in [-0.39, 0.29) is 5.91 Å². The van der Waals surface area contributed by atoms with Crippen LogP contribution in [0.3, 0.4) is 0 Å². The molecule has 0 radical (unpaired) electrons. The van der Waals surface area contributed by atoms with E-state index in [4.69, 9.17) is 4.74 Å². The molecule has 5 heteroatoms. The molecule has 2 rings (SSSR count). The van der Waals surface area contributed by atoms with Gasteiger partial charge in [-0.05, 0) is 31.7 Å². The van der Waals surface area contributed by atoms with E-state index in [1.807, 2.05) is 19.2 Å². The highest BCUT2D eigenvalue weighted by molar-refractivity contribution is 5.90. The number of nitrogens with zero attached hydrogens (tertiary/aromatic N) is 1. The van der Waals surface area contributed by atoms with Crippen LogP contribution < -0.4 is 10.6 Å². The standard InChI is InChI=1S/C16H25N3O2/c1-13(19-9-11-21-12-10-19)14-3-5-15(6-4-14)18-16(20)7-8-17-2/h3-6,13,17H,7-12H2,1-2H3,(H,18,20). The Labute approximate surface area is 126 Å². The van der Waals surface area contributed by atoms with Crippen LogP contribution in [0.2, 0.25) is 0 Å². The minimum absolute atomic E-state index is 0.0401. The molecule has 0 saturated carbocycles. The third kappa shape index (κ3) is 4.81. The van der Waals surface area contributed by atoms with Crippen LogP contribution in [0.5, 0.6) is 0 Å². The molecule has 0 spiro atoms. The second kappa shape index (κ2) is 8.12. The summed E-state index contributed by atoms with van der Waals surface area (Å²) in [5.41, 5.74) is 2.12. The molecule has 1 amide bonds. The first-order chi connectivity index (χ1) is 10.2. The van der Waals surface area contributed by atoms with E-state index < -0.39 is 0 Å². The minimum Gasteiger partial charge on any atom is -0.379 e. The summed E-state index contributed by atoms with van der Waals surface area (Å²) in [5.74, 6) is 0.0401. The molecule has 1 aromatic carbocycles. The van der Waals surface area contributed by atoms with Gasteiger partial charge >= 0.3 is 0 Å². The van der Waals surface area contributed by atoms with Crippen molar-refractivity contribution in [1.29, 1.82) is 0 Å². The van der Waals surface area contributed by atoms with E-state index in [9.17, 15) is 4.79 Å². The summed E-state index contributed by atoms with van der Waals surface area (Å²) < 4.78 is 5.39. The molecule has 1 aliphatic rings. The maximum Gasteiger partial charge on any atom is 0.225 e. The van der Waals surface area contributed by atoms with Crippen molar-refractivity contribution in [3.63, 3.8) is 0 Å². The lowest BCUT2D eigenvalue weighted by Gasteiger charge is -2.32. The number of hydrogen-bond acceptors (Lipinski definition) is 4. The first kappa shape index (κ1) is 15.9. The first-order valence-electron chi connectivity index (χ1n) is 7.57. The van der Waals surface area contributed by atoms with Crippen molar-refractivity contribution in [3.05, 3.63) is 29.8 Å². The number of nitrogens with one attached hydrogen (secondary N) is 2. The number of benzene rings is 1. The normalized spacial score (nSPS) is 17.4. The highest BCUT2D eigenvalue weighted by Crippen LogP contribution is 2.22. The second-order valence-corrected chi connectivity index (χ2v) is 5.35. The smallest absolute Gasteiger partial charge is 0.225 e. The van der Waals surface area contributed by atoms with Gasteiger partial charge in [-0.2, -0.15) is 0 Å². The minimum atomic E-state index is 0.0401. The van der Waals surface area contributed by atoms with Gasteiger partial charge in [0.1, 0.15) is 0 Å². The van der Waals surface area contributed by atoms with Crippen LogP contribution in [0, 0.1) is 0 Å². The zero-order valence-electron chi connectivity index (χ0n) is 12.9. The van der Waals surface area contributed by atoms with Crippen LogP contribution in [0.25, 0.3) is 0 Å². The summed E-state index contributed by atoms with van der Waals surface area (Å²) in [6.07, 6.45) is 0.489. The molecule has 0 bridgehead atoms. The van der Waals surface area contributed by atoms with Crippen molar-refractivity contribution in [2.75, 3.05) is 45.2 Å². The predicted octanol–water partition coefficient (Wildman–Crippen LogP) is 1.63. The Kier molecular flexibility index (Phi) is 6.17. The molecule has 1 fully saturated rings. The van der Waals surface area contributed by atoms with Gasteiger partial charge in [0.2, 0.25) is 5.91 Å². The Morgan fingerprint density at radius 3 is 2.57 bits per heavy atom. The van der Waals surface area contributed by atoms with Gasteiger partial charge in [-0.25, -0.2) is 0 Å². The van der Waals surface area contributed by atoms with Crippen LogP contribution in [0.1, 0.15) is 24.9 Å². The number of ether oxygens (including phenoxy) is 1. The van der Waals surface area contributed by atoms with E-state index >= 15 is 0 Å². The zero-order valence-corrected chi connectivity index (χ0v) is 12.9. The number of anilines is 1. The summed E-state index contributed by atoms with van der Waals surface area (Å²) in [6, 6.07) is 8.51. The summed E-state index contributed by atoms with van der Waals surface area (Å²) in [6.45, 7) is 6.48. The maximum absolute atomic E-state index is 11.7. The van der Waals surface area contributed by atoms with Crippen LogP contribution >= 0.6 is 0 Å². The quantitative estimate of drug-likeness (QED) is 0.836. The molecule has 1 aromatic rings. The van der Waals surface area contributed by atoms with Gasteiger partial charge in [-0.1, -0.05) is 12.1 Å². The molecular weight excluding hydrogens is 266 g/mol. The van der Waals surface area contributed by atoms with Crippen molar-refractivity contribution in [2.24, 2.45) is 0 Å². The topological polar surface area (TPSA) is 53.6 Å². The molecule has 1 aliphatic heterocycles. The molecule has 116 valence electrons. The number of morpholine rings is 1. The van der Waals surface area contributed by atoms with Crippen molar-refractivity contribution in [1.82, 2.24) is 10.2 Å². The van der Waals surface area contributed by atoms with E-state index in [2.05, 4.69) is 34.6 Å². The SMILES string of the molecule is CNCCC(=O)Nc1ccc(C(C)N2CCOCC2)cc1. The summed E-state index contributed by atoms with van der Waals surface area (Å²) in [4.78, 5) is 14.1. The fourth-order valence-corrected chi connectivity index (χ4v) is 2.48. The molecule has 2 N–H and O–H groups in total. The molecular formula is C16H25N3O2. The lowest BCUT2D eigenvalue weighted by molar-refractivity contribution is -0.116. The fraction of sp³-hybridized carbons (Fsp3) is 0.562. The lowest BCUT2D eigenvalue weighted by atomic mass is 10.1. The van der Waals surface area contributed by atoms with Crippen LogP contribution in [-0.4, -0.2) is 50.7 Å². The van der Waals surface area contributed by atoms with Crippen molar-refractivity contribution in [3.8, 4) is 0 Å². The van der Waals surface area contributed by atoms with E-state index in [0.29, 0.717) is 19.0 Å². The molecule has 1 atom stereocenters. The number of carbonyl (C=O) groups excluding carboxylic acids is 1. The van der Waals surface area contributed by atoms with Gasteiger partial charge in [0.15, 0.2) is 0 Å². The monoisotopic (exact) mass is 291 g/mol. The Bertz CT molecular complexity index is 441. The summed E-state index contributed by atoms with van der Waals surface area (Å²) in [5, 5.41) is 5.88. The van der Waals surface area contributed by atoms with Crippen LogP contribution in [-0.2, 0) is 9.53 Å². The summed E-state index contributed by atoms with van der Waals surface area (Å²) >= 11 is 0. The summed E-state index contributed by atoms with van der Waals surface area (Å²) in [7, 11) is 1.84. The largest absolute Gasteiger partial charge is 0.379 e. The fourth-order valence-electron chi connectivity index (χ4n) is 2.48. The maximum atomic E-state index is 11.7. The highest BCUT2D eigenvalue weighted by atomic mass is 16.5. The number of rotatable bonds is 6. The van der Waals surface area contributed by atoms with Gasteiger partial charge in [0.25, 0.3) is 0 Å². The van der Waals surface area contributed by atoms with Crippen molar-refractivity contribution < 1.29 is 9.53 Å². The molecule has 5 nitrogen and oxygen atoms in total. The molecule has 0 aromatic heterocycles. The zero-order chi connectivity index (χ0) is 15.1. The van der Waals surface area contributed by atoms with E-state index in [1.165, 1.54) is 5.56 Å². The molecule has 1 saturated heterocycles. The first-order valence-corrected chi connectivity index (χ1v) is 7.57. The highest BCUT2D eigenvalue weighted by Gasteiger charge is 2.18. The predicted molar refractivity (Wildman–Crippen MR) is 84.4 cm³/mol.